The van der Waals surface area contributed by atoms with Gasteiger partial charge in [-0.2, -0.15) is 0 Å². The molecular weight excluding hydrogens is 204 g/mol. The van der Waals surface area contributed by atoms with Crippen LogP contribution >= 0.6 is 0 Å². The third-order valence-corrected chi connectivity index (χ3v) is 3.60. The van der Waals surface area contributed by atoms with E-state index in [0.29, 0.717) is 0 Å². The Balaban J connectivity index is 1.74. The van der Waals surface area contributed by atoms with Crippen LogP contribution in [0.2, 0.25) is 0 Å². The van der Waals surface area contributed by atoms with Crippen LogP contribution in [-0.2, 0) is 4.74 Å². The number of piperidine rings is 2. The zero-order valence-corrected chi connectivity index (χ0v) is 10.1. The summed E-state index contributed by atoms with van der Waals surface area (Å²) in [5, 5.41) is 3.27. The molecule has 4 heteroatoms. The Labute approximate surface area is 97.3 Å². The zero-order chi connectivity index (χ0) is 11.4. The van der Waals surface area contributed by atoms with Crippen molar-refractivity contribution >= 4 is 6.09 Å². The first-order valence-electron chi connectivity index (χ1n) is 6.42. The third-order valence-electron chi connectivity index (χ3n) is 3.60. The molecule has 0 bridgehead atoms. The van der Waals surface area contributed by atoms with E-state index in [1.54, 1.807) is 0 Å². The van der Waals surface area contributed by atoms with Gasteiger partial charge >= 0.3 is 6.09 Å². The van der Waals surface area contributed by atoms with Crippen LogP contribution < -0.4 is 5.32 Å². The standard InChI is InChI=1S/C12H22N2O2/c1-10-4-8-14(9-5-10)12(15)16-11-2-6-13-7-3-11/h10-11,13H,2-9H2,1H3. The molecule has 0 unspecified atom stereocenters. The molecule has 1 N–H and O–H groups in total. The largest absolute Gasteiger partial charge is 0.446 e. The summed E-state index contributed by atoms with van der Waals surface area (Å²) in [4.78, 5) is 13.7. The summed E-state index contributed by atoms with van der Waals surface area (Å²) in [7, 11) is 0. The van der Waals surface area contributed by atoms with Crippen LogP contribution in [0.5, 0.6) is 0 Å². The number of ether oxygens (including phenoxy) is 1. The molecule has 2 heterocycles. The molecule has 2 aliphatic rings. The van der Waals surface area contributed by atoms with Crippen molar-refractivity contribution in [3.05, 3.63) is 0 Å². The van der Waals surface area contributed by atoms with Gasteiger partial charge in [-0.1, -0.05) is 6.92 Å². The molecule has 2 aliphatic heterocycles. The van der Waals surface area contributed by atoms with Crippen molar-refractivity contribution in [3.8, 4) is 0 Å². The van der Waals surface area contributed by atoms with E-state index in [1.165, 1.54) is 0 Å². The number of nitrogens with zero attached hydrogens (tertiary/aromatic N) is 1. The quantitative estimate of drug-likeness (QED) is 0.738. The summed E-state index contributed by atoms with van der Waals surface area (Å²) in [6, 6.07) is 0. The zero-order valence-electron chi connectivity index (χ0n) is 10.1. The highest BCUT2D eigenvalue weighted by molar-refractivity contribution is 5.67. The summed E-state index contributed by atoms with van der Waals surface area (Å²) in [6.07, 6.45) is 4.17. The lowest BCUT2D eigenvalue weighted by Gasteiger charge is -2.32. The fourth-order valence-electron chi connectivity index (χ4n) is 2.32. The van der Waals surface area contributed by atoms with E-state index in [2.05, 4.69) is 12.2 Å². The maximum absolute atomic E-state index is 11.9. The Kier molecular flexibility index (Phi) is 4.04. The second-order valence-electron chi connectivity index (χ2n) is 5.00. The number of carbonyl (C=O) groups is 1. The lowest BCUT2D eigenvalue weighted by Crippen LogP contribution is -2.42. The lowest BCUT2D eigenvalue weighted by atomic mass is 10.00. The minimum absolute atomic E-state index is 0.0983. The highest BCUT2D eigenvalue weighted by Crippen LogP contribution is 2.18. The van der Waals surface area contributed by atoms with E-state index >= 15 is 0 Å². The molecule has 4 nitrogen and oxygen atoms in total. The molecule has 0 atom stereocenters. The molecule has 0 aromatic heterocycles. The lowest BCUT2D eigenvalue weighted by molar-refractivity contribution is 0.0416. The van der Waals surface area contributed by atoms with Crippen LogP contribution in [0, 0.1) is 5.92 Å². The minimum Gasteiger partial charge on any atom is -0.446 e. The topological polar surface area (TPSA) is 41.6 Å². The monoisotopic (exact) mass is 226 g/mol. The molecular formula is C12H22N2O2. The first-order chi connectivity index (χ1) is 7.75. The molecule has 0 aromatic rings. The Hall–Kier alpha value is -0.770. The SMILES string of the molecule is CC1CCN(C(=O)OC2CCNCC2)CC1. The number of likely N-dealkylation sites (tertiary alicyclic amines) is 1. The first kappa shape index (κ1) is 11.7. The number of hydrogen-bond acceptors (Lipinski definition) is 3. The van der Waals surface area contributed by atoms with E-state index in [4.69, 9.17) is 4.74 Å². The normalized spacial score (nSPS) is 24.4. The maximum atomic E-state index is 11.9. The van der Waals surface area contributed by atoms with Gasteiger partial charge in [0.1, 0.15) is 6.10 Å². The van der Waals surface area contributed by atoms with E-state index in [9.17, 15) is 4.79 Å². The number of amides is 1. The second-order valence-corrected chi connectivity index (χ2v) is 5.00. The summed E-state index contributed by atoms with van der Waals surface area (Å²) in [5.41, 5.74) is 0. The molecule has 2 saturated heterocycles. The van der Waals surface area contributed by atoms with Crippen molar-refractivity contribution < 1.29 is 9.53 Å². The molecule has 1 amide bonds. The summed E-state index contributed by atoms with van der Waals surface area (Å²) < 4.78 is 5.51. The number of rotatable bonds is 1. The van der Waals surface area contributed by atoms with E-state index in [1.807, 2.05) is 4.90 Å². The van der Waals surface area contributed by atoms with Crippen molar-refractivity contribution in [2.24, 2.45) is 5.92 Å². The number of carbonyl (C=O) groups excluding carboxylic acids is 1. The van der Waals surface area contributed by atoms with Crippen molar-refractivity contribution in [3.63, 3.8) is 0 Å². The van der Waals surface area contributed by atoms with Crippen LogP contribution in [-0.4, -0.2) is 43.3 Å². The molecule has 2 rings (SSSR count). The van der Waals surface area contributed by atoms with Gasteiger partial charge in [0.25, 0.3) is 0 Å². The van der Waals surface area contributed by atoms with Gasteiger partial charge in [0.2, 0.25) is 0 Å². The van der Waals surface area contributed by atoms with Crippen LogP contribution in [0.1, 0.15) is 32.6 Å². The third kappa shape index (κ3) is 3.11. The minimum atomic E-state index is -0.0983. The van der Waals surface area contributed by atoms with Gasteiger partial charge in [0.15, 0.2) is 0 Å². The molecule has 92 valence electrons. The van der Waals surface area contributed by atoms with Crippen molar-refractivity contribution in [2.75, 3.05) is 26.2 Å². The van der Waals surface area contributed by atoms with E-state index in [0.717, 1.165) is 57.8 Å². The number of nitrogens with one attached hydrogen (secondary N) is 1. The van der Waals surface area contributed by atoms with Crippen LogP contribution in [0.3, 0.4) is 0 Å². The molecule has 2 fully saturated rings. The molecule has 0 spiro atoms. The van der Waals surface area contributed by atoms with Crippen LogP contribution in [0.4, 0.5) is 4.79 Å². The first-order valence-corrected chi connectivity index (χ1v) is 6.42. The molecule has 0 aliphatic carbocycles. The fourth-order valence-corrected chi connectivity index (χ4v) is 2.32. The summed E-state index contributed by atoms with van der Waals surface area (Å²) >= 11 is 0. The molecule has 0 saturated carbocycles. The van der Waals surface area contributed by atoms with Gasteiger partial charge in [0.05, 0.1) is 0 Å². The average molecular weight is 226 g/mol. The van der Waals surface area contributed by atoms with Gasteiger partial charge in [0, 0.05) is 13.1 Å². The van der Waals surface area contributed by atoms with Gasteiger partial charge in [-0.05, 0) is 44.7 Å². The van der Waals surface area contributed by atoms with Gasteiger partial charge in [-0.25, -0.2) is 4.79 Å². The van der Waals surface area contributed by atoms with Crippen LogP contribution in [0.15, 0.2) is 0 Å². The Morgan fingerprint density at radius 2 is 1.81 bits per heavy atom. The Morgan fingerprint density at radius 3 is 2.44 bits per heavy atom. The predicted molar refractivity (Wildman–Crippen MR) is 62.3 cm³/mol. The van der Waals surface area contributed by atoms with Crippen molar-refractivity contribution in [2.45, 2.75) is 38.7 Å². The van der Waals surface area contributed by atoms with Crippen molar-refractivity contribution in [1.82, 2.24) is 10.2 Å². The van der Waals surface area contributed by atoms with Gasteiger partial charge in [-0.15, -0.1) is 0 Å². The second kappa shape index (κ2) is 5.53. The predicted octanol–water partition coefficient (Wildman–Crippen LogP) is 1.61. The maximum Gasteiger partial charge on any atom is 0.410 e. The molecule has 16 heavy (non-hydrogen) atoms. The van der Waals surface area contributed by atoms with E-state index in [-0.39, 0.29) is 12.2 Å². The smallest absolute Gasteiger partial charge is 0.410 e. The number of hydrogen-bond donors (Lipinski definition) is 1. The highest BCUT2D eigenvalue weighted by atomic mass is 16.6. The average Bonchev–Trinajstić information content (AvgIpc) is 2.31. The summed E-state index contributed by atoms with van der Waals surface area (Å²) in [5.74, 6) is 0.753. The van der Waals surface area contributed by atoms with Gasteiger partial charge in [-0.3, -0.25) is 0 Å². The van der Waals surface area contributed by atoms with E-state index < -0.39 is 0 Å². The van der Waals surface area contributed by atoms with Crippen molar-refractivity contribution in [1.29, 1.82) is 0 Å². The summed E-state index contributed by atoms with van der Waals surface area (Å²) in [6.45, 7) is 5.91. The Bertz CT molecular complexity index is 231. The highest BCUT2D eigenvalue weighted by Gasteiger charge is 2.24. The Morgan fingerprint density at radius 1 is 1.19 bits per heavy atom. The molecule has 0 radical (unpaired) electrons. The fraction of sp³-hybridized carbons (Fsp3) is 0.917. The van der Waals surface area contributed by atoms with Crippen LogP contribution in [0.25, 0.3) is 0 Å². The van der Waals surface area contributed by atoms with Gasteiger partial charge < -0.3 is 15.0 Å². The molecule has 0 aromatic carbocycles.